The van der Waals surface area contributed by atoms with Gasteiger partial charge in [-0.25, -0.2) is 0 Å². The van der Waals surface area contributed by atoms with Crippen LogP contribution in [0.1, 0.15) is 13.8 Å². The van der Waals surface area contributed by atoms with Gasteiger partial charge in [-0.2, -0.15) is 0 Å². The van der Waals surface area contributed by atoms with Crippen LogP contribution in [0.5, 0.6) is 0 Å². The molecule has 1 aliphatic heterocycles. The van der Waals surface area contributed by atoms with E-state index in [1.807, 2.05) is 12.1 Å². The molecule has 3 nitrogen and oxygen atoms in total. The Morgan fingerprint density at radius 1 is 1.33 bits per heavy atom. The largest absolute Gasteiger partial charge is 0.368 e. The minimum absolute atomic E-state index is 0.127. The van der Waals surface area contributed by atoms with E-state index in [0.717, 1.165) is 18.1 Å². The standard InChI is InChI=1S/C14H22ClN3/c1-14(2)10-18(9-13(8-16)17(14)3)12-6-4-11(15)5-7-12/h4-7,13H,8-10,16H2,1-3H3. The number of piperazine rings is 1. The molecule has 18 heavy (non-hydrogen) atoms. The SMILES string of the molecule is CN1C(CN)CN(c2ccc(Cl)cc2)CC1(C)C. The van der Waals surface area contributed by atoms with E-state index in [-0.39, 0.29) is 5.54 Å². The lowest BCUT2D eigenvalue weighted by atomic mass is 9.95. The van der Waals surface area contributed by atoms with E-state index in [1.54, 1.807) is 0 Å². The molecule has 1 fully saturated rings. The van der Waals surface area contributed by atoms with Gasteiger partial charge < -0.3 is 10.6 Å². The summed E-state index contributed by atoms with van der Waals surface area (Å²) in [5.74, 6) is 0. The first-order valence-electron chi connectivity index (χ1n) is 6.37. The molecule has 2 N–H and O–H groups in total. The van der Waals surface area contributed by atoms with Gasteiger partial charge in [-0.3, -0.25) is 4.90 Å². The molecule has 1 unspecified atom stereocenters. The van der Waals surface area contributed by atoms with E-state index in [2.05, 4.69) is 42.8 Å². The summed E-state index contributed by atoms with van der Waals surface area (Å²) in [7, 11) is 2.16. The molecule has 0 saturated carbocycles. The van der Waals surface area contributed by atoms with E-state index in [9.17, 15) is 0 Å². The number of anilines is 1. The molecule has 1 aromatic carbocycles. The van der Waals surface area contributed by atoms with Crippen molar-refractivity contribution in [3.8, 4) is 0 Å². The molecule has 1 aromatic rings. The number of rotatable bonds is 2. The van der Waals surface area contributed by atoms with Gasteiger partial charge in [0.05, 0.1) is 0 Å². The smallest absolute Gasteiger partial charge is 0.0407 e. The van der Waals surface area contributed by atoms with Crippen LogP contribution in [-0.4, -0.2) is 43.2 Å². The summed E-state index contributed by atoms with van der Waals surface area (Å²) in [4.78, 5) is 4.78. The highest BCUT2D eigenvalue weighted by atomic mass is 35.5. The van der Waals surface area contributed by atoms with Gasteiger partial charge >= 0.3 is 0 Å². The average Bonchev–Trinajstić information content (AvgIpc) is 2.33. The maximum atomic E-state index is 5.94. The van der Waals surface area contributed by atoms with Crippen molar-refractivity contribution >= 4 is 17.3 Å². The van der Waals surface area contributed by atoms with Crippen LogP contribution in [0.3, 0.4) is 0 Å². The zero-order valence-electron chi connectivity index (χ0n) is 11.4. The van der Waals surface area contributed by atoms with E-state index in [4.69, 9.17) is 17.3 Å². The van der Waals surface area contributed by atoms with Crippen molar-refractivity contribution < 1.29 is 0 Å². The van der Waals surface area contributed by atoms with Crippen LogP contribution in [-0.2, 0) is 0 Å². The van der Waals surface area contributed by atoms with Crippen molar-refractivity contribution in [2.45, 2.75) is 25.4 Å². The molecule has 0 spiro atoms. The Bertz CT molecular complexity index is 402. The lowest BCUT2D eigenvalue weighted by Crippen LogP contribution is -2.64. The molecule has 0 aliphatic carbocycles. The van der Waals surface area contributed by atoms with E-state index in [1.165, 1.54) is 5.69 Å². The molecule has 1 heterocycles. The minimum atomic E-state index is 0.127. The number of nitrogens with zero attached hydrogens (tertiary/aromatic N) is 2. The Labute approximate surface area is 115 Å². The van der Waals surface area contributed by atoms with E-state index < -0.39 is 0 Å². The normalized spacial score (nSPS) is 24.3. The molecule has 1 aliphatic rings. The third-order valence-electron chi connectivity index (χ3n) is 3.98. The Morgan fingerprint density at radius 3 is 2.50 bits per heavy atom. The fourth-order valence-corrected chi connectivity index (χ4v) is 2.72. The average molecular weight is 268 g/mol. The lowest BCUT2D eigenvalue weighted by molar-refractivity contribution is 0.0846. The second-order valence-corrected chi connectivity index (χ2v) is 6.11. The van der Waals surface area contributed by atoms with Crippen molar-refractivity contribution in [1.29, 1.82) is 0 Å². The number of hydrogen-bond acceptors (Lipinski definition) is 3. The molecule has 0 bridgehead atoms. The fourth-order valence-electron chi connectivity index (χ4n) is 2.60. The van der Waals surface area contributed by atoms with E-state index >= 15 is 0 Å². The van der Waals surface area contributed by atoms with Gasteiger partial charge in [0.15, 0.2) is 0 Å². The quantitative estimate of drug-likeness (QED) is 0.892. The third-order valence-corrected chi connectivity index (χ3v) is 4.23. The first-order chi connectivity index (χ1) is 8.44. The van der Waals surface area contributed by atoms with Crippen LogP contribution in [0.15, 0.2) is 24.3 Å². The second-order valence-electron chi connectivity index (χ2n) is 5.67. The van der Waals surface area contributed by atoms with Gasteiger partial charge in [0.25, 0.3) is 0 Å². The summed E-state index contributed by atoms with van der Waals surface area (Å²) in [6.45, 7) is 7.18. The molecule has 0 amide bonds. The Hall–Kier alpha value is -0.770. The highest BCUT2D eigenvalue weighted by molar-refractivity contribution is 6.30. The number of hydrogen-bond donors (Lipinski definition) is 1. The molecule has 0 aromatic heterocycles. The van der Waals surface area contributed by atoms with Crippen LogP contribution in [0.2, 0.25) is 5.02 Å². The molecular formula is C14H22ClN3. The lowest BCUT2D eigenvalue weighted by Gasteiger charge is -2.50. The van der Waals surface area contributed by atoms with Crippen LogP contribution in [0, 0.1) is 0 Å². The highest BCUT2D eigenvalue weighted by Crippen LogP contribution is 2.28. The van der Waals surface area contributed by atoms with E-state index in [0.29, 0.717) is 12.6 Å². The van der Waals surface area contributed by atoms with Crippen LogP contribution in [0.4, 0.5) is 5.69 Å². The number of nitrogens with two attached hydrogens (primary N) is 1. The summed E-state index contributed by atoms with van der Waals surface area (Å²) < 4.78 is 0. The summed E-state index contributed by atoms with van der Waals surface area (Å²) in [5, 5.41) is 0.780. The molecule has 1 atom stereocenters. The van der Waals surface area contributed by atoms with Crippen LogP contribution < -0.4 is 10.6 Å². The van der Waals surface area contributed by atoms with Gasteiger partial charge in [0.2, 0.25) is 0 Å². The monoisotopic (exact) mass is 267 g/mol. The van der Waals surface area contributed by atoms with Gasteiger partial charge in [-0.1, -0.05) is 11.6 Å². The molecular weight excluding hydrogens is 246 g/mol. The number of halogens is 1. The van der Waals surface area contributed by atoms with Gasteiger partial charge in [0.1, 0.15) is 0 Å². The minimum Gasteiger partial charge on any atom is -0.368 e. The zero-order valence-corrected chi connectivity index (χ0v) is 12.1. The van der Waals surface area contributed by atoms with Crippen molar-refractivity contribution in [2.24, 2.45) is 5.73 Å². The number of likely N-dealkylation sites (N-methyl/N-ethyl adjacent to an activating group) is 1. The predicted octanol–water partition coefficient (Wildman–Crippen LogP) is 2.20. The summed E-state index contributed by atoms with van der Waals surface area (Å²) >= 11 is 5.94. The Kier molecular flexibility index (Phi) is 3.85. The maximum Gasteiger partial charge on any atom is 0.0407 e. The molecule has 0 radical (unpaired) electrons. The Balaban J connectivity index is 2.22. The van der Waals surface area contributed by atoms with Gasteiger partial charge in [-0.15, -0.1) is 0 Å². The van der Waals surface area contributed by atoms with Crippen molar-refractivity contribution in [3.63, 3.8) is 0 Å². The van der Waals surface area contributed by atoms with Crippen LogP contribution >= 0.6 is 11.6 Å². The van der Waals surface area contributed by atoms with Crippen LogP contribution in [0.25, 0.3) is 0 Å². The fraction of sp³-hybridized carbons (Fsp3) is 0.571. The zero-order chi connectivity index (χ0) is 13.3. The predicted molar refractivity (Wildman–Crippen MR) is 78.3 cm³/mol. The second kappa shape index (κ2) is 5.08. The maximum absolute atomic E-state index is 5.94. The first-order valence-corrected chi connectivity index (χ1v) is 6.75. The topological polar surface area (TPSA) is 32.5 Å². The van der Waals surface area contributed by atoms with Crippen molar-refractivity contribution in [1.82, 2.24) is 4.90 Å². The highest BCUT2D eigenvalue weighted by Gasteiger charge is 2.36. The molecule has 2 rings (SSSR count). The summed E-state index contributed by atoms with van der Waals surface area (Å²) in [6, 6.07) is 8.44. The molecule has 1 saturated heterocycles. The first kappa shape index (κ1) is 13.7. The third kappa shape index (κ3) is 2.63. The van der Waals surface area contributed by atoms with Crippen molar-refractivity contribution in [2.75, 3.05) is 31.6 Å². The summed E-state index contributed by atoms with van der Waals surface area (Å²) in [6.07, 6.45) is 0. The van der Waals surface area contributed by atoms with Crippen molar-refractivity contribution in [3.05, 3.63) is 29.3 Å². The number of benzene rings is 1. The molecule has 4 heteroatoms. The Morgan fingerprint density at radius 2 is 1.94 bits per heavy atom. The van der Waals surface area contributed by atoms with Gasteiger partial charge in [0, 0.05) is 41.9 Å². The summed E-state index contributed by atoms with van der Waals surface area (Å²) in [5.41, 5.74) is 7.24. The molecule has 100 valence electrons. The van der Waals surface area contributed by atoms with Gasteiger partial charge in [-0.05, 0) is 45.2 Å².